The lowest BCUT2D eigenvalue weighted by atomic mass is 9.94. The number of hydrogen-bond donors (Lipinski definition) is 4. The highest BCUT2D eigenvalue weighted by Gasteiger charge is 2.31. The summed E-state index contributed by atoms with van der Waals surface area (Å²) in [5.74, 6) is -0.182. The molecule has 0 bridgehead atoms. The maximum absolute atomic E-state index is 12.9. The zero-order valence-corrected chi connectivity index (χ0v) is 15.7. The first-order chi connectivity index (χ1) is 12.0. The number of thiocarbonyl (C=S) groups is 1. The van der Waals surface area contributed by atoms with E-state index in [2.05, 4.69) is 31.9 Å². The molecule has 5 nitrogen and oxygen atoms in total. The number of halogens is 1. The van der Waals surface area contributed by atoms with Crippen molar-refractivity contribution in [1.82, 2.24) is 10.6 Å². The molecule has 0 aliphatic carbocycles. The van der Waals surface area contributed by atoms with E-state index >= 15 is 0 Å². The Labute approximate surface area is 159 Å². The van der Waals surface area contributed by atoms with E-state index in [-0.39, 0.29) is 11.7 Å². The van der Waals surface area contributed by atoms with E-state index in [0.29, 0.717) is 27.6 Å². The van der Waals surface area contributed by atoms with Crippen LogP contribution in [0.1, 0.15) is 18.5 Å². The number of aromatic hydroxyl groups is 1. The third-order valence-corrected chi connectivity index (χ3v) is 4.56. The third kappa shape index (κ3) is 3.83. The van der Waals surface area contributed by atoms with E-state index in [1.54, 1.807) is 25.1 Å². The summed E-state index contributed by atoms with van der Waals surface area (Å²) in [7, 11) is 0. The number of amides is 1. The molecule has 1 atom stereocenters. The fraction of sp³-hybridized carbons (Fsp3) is 0.111. The van der Waals surface area contributed by atoms with Gasteiger partial charge in [0.15, 0.2) is 5.11 Å². The van der Waals surface area contributed by atoms with Gasteiger partial charge >= 0.3 is 0 Å². The van der Waals surface area contributed by atoms with Gasteiger partial charge in [-0.1, -0.05) is 34.1 Å². The van der Waals surface area contributed by atoms with Crippen LogP contribution in [0.4, 0.5) is 5.69 Å². The van der Waals surface area contributed by atoms with Crippen LogP contribution in [0.5, 0.6) is 5.75 Å². The number of rotatable bonds is 3. The molecule has 0 fully saturated rings. The first kappa shape index (κ1) is 17.4. The number of allylic oxidation sites excluding steroid dienone is 1. The summed E-state index contributed by atoms with van der Waals surface area (Å²) in [5.41, 5.74) is 2.36. The Hall–Kier alpha value is -2.38. The van der Waals surface area contributed by atoms with Crippen molar-refractivity contribution >= 4 is 44.9 Å². The Morgan fingerprint density at radius 2 is 1.96 bits per heavy atom. The predicted octanol–water partition coefficient (Wildman–Crippen LogP) is 3.59. The molecule has 25 heavy (non-hydrogen) atoms. The second kappa shape index (κ2) is 7.25. The quantitative estimate of drug-likeness (QED) is 0.574. The van der Waals surface area contributed by atoms with Gasteiger partial charge < -0.3 is 21.1 Å². The van der Waals surface area contributed by atoms with E-state index in [0.717, 1.165) is 4.47 Å². The lowest BCUT2D eigenvalue weighted by molar-refractivity contribution is -0.113. The molecular weight excluding hydrogens is 402 g/mol. The van der Waals surface area contributed by atoms with Gasteiger partial charge in [0.25, 0.3) is 5.91 Å². The minimum Gasteiger partial charge on any atom is -0.508 e. The van der Waals surface area contributed by atoms with E-state index in [4.69, 9.17) is 12.2 Å². The average Bonchev–Trinajstić information content (AvgIpc) is 2.57. The van der Waals surface area contributed by atoms with Gasteiger partial charge in [-0.25, -0.2) is 0 Å². The summed E-state index contributed by atoms with van der Waals surface area (Å²) < 4.78 is 0.798. The van der Waals surface area contributed by atoms with Gasteiger partial charge in [-0.2, -0.15) is 0 Å². The van der Waals surface area contributed by atoms with E-state index in [1.165, 1.54) is 0 Å². The third-order valence-electron chi connectivity index (χ3n) is 3.85. The average molecular weight is 418 g/mol. The summed E-state index contributed by atoms with van der Waals surface area (Å²) in [6, 6.07) is 13.7. The largest absolute Gasteiger partial charge is 0.508 e. The highest BCUT2D eigenvalue weighted by molar-refractivity contribution is 9.10. The topological polar surface area (TPSA) is 73.4 Å². The number of phenolic OH excluding ortho intramolecular Hbond substituents is 1. The van der Waals surface area contributed by atoms with Crippen LogP contribution >= 0.6 is 28.1 Å². The maximum Gasteiger partial charge on any atom is 0.255 e. The number of benzene rings is 2. The summed E-state index contributed by atoms with van der Waals surface area (Å²) in [6.07, 6.45) is 0. The van der Waals surface area contributed by atoms with Crippen LogP contribution in [0.3, 0.4) is 0 Å². The SMILES string of the molecule is CC1=C(C(=O)Nc2ccccc2)[C@H](c2cc(Br)ccc2O)NC(=S)N1. The van der Waals surface area contributed by atoms with Gasteiger partial charge in [0.2, 0.25) is 0 Å². The Morgan fingerprint density at radius 3 is 2.68 bits per heavy atom. The summed E-state index contributed by atoms with van der Waals surface area (Å²) >= 11 is 8.62. The molecule has 1 amide bonds. The number of carbonyl (C=O) groups excluding carboxylic acids is 1. The Balaban J connectivity index is 2.00. The molecule has 1 aliphatic heterocycles. The summed E-state index contributed by atoms with van der Waals surface area (Å²) in [4.78, 5) is 12.9. The first-order valence-corrected chi connectivity index (χ1v) is 8.79. The summed E-state index contributed by atoms with van der Waals surface area (Å²) in [5, 5.41) is 19.6. The van der Waals surface area contributed by atoms with Gasteiger partial charge in [-0.05, 0) is 49.5 Å². The Morgan fingerprint density at radius 1 is 1.24 bits per heavy atom. The molecule has 1 heterocycles. The first-order valence-electron chi connectivity index (χ1n) is 7.59. The molecule has 2 aromatic carbocycles. The molecule has 1 aliphatic rings. The second-order valence-electron chi connectivity index (χ2n) is 5.59. The van der Waals surface area contributed by atoms with Gasteiger partial charge in [-0.3, -0.25) is 4.79 Å². The molecule has 128 valence electrons. The molecule has 0 radical (unpaired) electrons. The van der Waals surface area contributed by atoms with Crippen molar-refractivity contribution in [3.8, 4) is 5.75 Å². The van der Waals surface area contributed by atoms with E-state index < -0.39 is 6.04 Å². The van der Waals surface area contributed by atoms with Crippen molar-refractivity contribution in [2.75, 3.05) is 5.32 Å². The van der Waals surface area contributed by atoms with Crippen molar-refractivity contribution in [3.63, 3.8) is 0 Å². The zero-order valence-electron chi connectivity index (χ0n) is 13.3. The Bertz CT molecular complexity index is 868. The second-order valence-corrected chi connectivity index (χ2v) is 6.92. The standard InChI is InChI=1S/C18H16BrN3O2S/c1-10-15(17(24)21-12-5-3-2-4-6-12)16(22-18(25)20-10)13-9-11(19)7-8-14(13)23/h2-9,16,23H,1H3,(H,21,24)(H2,20,22,25)/t16-/m0/s1. The number of anilines is 1. The zero-order chi connectivity index (χ0) is 18.0. The normalized spacial score (nSPS) is 16.9. The van der Waals surface area contributed by atoms with Crippen LogP contribution in [0.2, 0.25) is 0 Å². The minimum absolute atomic E-state index is 0.0863. The number of phenols is 1. The van der Waals surface area contributed by atoms with Gasteiger partial charge in [0, 0.05) is 21.4 Å². The Kier molecular flexibility index (Phi) is 5.06. The predicted molar refractivity (Wildman–Crippen MR) is 105 cm³/mol. The lowest BCUT2D eigenvalue weighted by Gasteiger charge is -2.30. The molecule has 4 N–H and O–H groups in total. The van der Waals surface area contributed by atoms with Crippen LogP contribution in [0, 0.1) is 0 Å². The molecule has 0 saturated heterocycles. The highest BCUT2D eigenvalue weighted by atomic mass is 79.9. The molecule has 2 aromatic rings. The fourth-order valence-electron chi connectivity index (χ4n) is 2.70. The number of hydrogen-bond acceptors (Lipinski definition) is 3. The molecule has 0 spiro atoms. The minimum atomic E-state index is -0.560. The molecule has 7 heteroatoms. The lowest BCUT2D eigenvalue weighted by Crippen LogP contribution is -2.45. The van der Waals surface area contributed by atoms with Crippen LogP contribution in [-0.2, 0) is 4.79 Å². The van der Waals surface area contributed by atoms with Crippen LogP contribution in [0.15, 0.2) is 64.3 Å². The van der Waals surface area contributed by atoms with E-state index in [9.17, 15) is 9.90 Å². The molecule has 0 unspecified atom stereocenters. The molecule has 0 saturated carbocycles. The van der Waals surface area contributed by atoms with Crippen molar-refractivity contribution < 1.29 is 9.90 Å². The van der Waals surface area contributed by atoms with Crippen molar-refractivity contribution in [1.29, 1.82) is 0 Å². The fourth-order valence-corrected chi connectivity index (χ4v) is 3.35. The van der Waals surface area contributed by atoms with Crippen molar-refractivity contribution in [2.24, 2.45) is 0 Å². The van der Waals surface area contributed by atoms with Gasteiger partial charge in [-0.15, -0.1) is 0 Å². The van der Waals surface area contributed by atoms with Gasteiger partial charge in [0.05, 0.1) is 11.6 Å². The van der Waals surface area contributed by atoms with Crippen LogP contribution in [0.25, 0.3) is 0 Å². The van der Waals surface area contributed by atoms with Crippen LogP contribution in [-0.4, -0.2) is 16.1 Å². The number of carbonyl (C=O) groups is 1. The van der Waals surface area contributed by atoms with Gasteiger partial charge in [0.1, 0.15) is 5.75 Å². The number of para-hydroxylation sites is 1. The van der Waals surface area contributed by atoms with Crippen molar-refractivity contribution in [3.05, 3.63) is 69.8 Å². The van der Waals surface area contributed by atoms with Crippen LogP contribution < -0.4 is 16.0 Å². The smallest absolute Gasteiger partial charge is 0.255 e. The monoisotopic (exact) mass is 417 g/mol. The molecule has 0 aromatic heterocycles. The number of nitrogens with one attached hydrogen (secondary N) is 3. The van der Waals surface area contributed by atoms with E-state index in [1.807, 2.05) is 30.3 Å². The molecule has 3 rings (SSSR count). The maximum atomic E-state index is 12.9. The molecular formula is C18H16BrN3O2S. The highest BCUT2D eigenvalue weighted by Crippen LogP contribution is 2.34. The summed E-state index contributed by atoms with van der Waals surface area (Å²) in [6.45, 7) is 1.79. The van der Waals surface area contributed by atoms with Crippen molar-refractivity contribution in [2.45, 2.75) is 13.0 Å².